The standard InChI is InChI=1S/C33H43N5O6/c1-21-28(35-30(40)34-27-24-14-10-11-15-25(24)33(5,6)18-26(27)39)38(22-12-8-7-9-13-22)36-29(21)43-20-23-19-37(16-17-42-23)31(41)44-32(2,3)4/h7-15,23,26-27,39H,16-20H2,1-6H3,(H2,34,35,40)/t23?,26-,27-/m0/s1. The Morgan fingerprint density at radius 3 is 2.55 bits per heavy atom. The first-order valence-corrected chi connectivity index (χ1v) is 15.0. The van der Waals surface area contributed by atoms with Gasteiger partial charge in [-0.15, -0.1) is 5.10 Å². The largest absolute Gasteiger partial charge is 0.474 e. The Balaban J connectivity index is 1.32. The molecular formula is C33H43N5O6. The number of aliphatic hydroxyl groups excluding tert-OH is 1. The number of ether oxygens (including phenoxy) is 3. The normalized spacial score (nSPS) is 21.2. The number of para-hydroxylation sites is 1. The number of aromatic nitrogens is 2. The number of anilines is 1. The molecule has 2 aliphatic rings. The summed E-state index contributed by atoms with van der Waals surface area (Å²) in [5.41, 5.74) is 2.55. The Bertz CT molecular complexity index is 1480. The second-order valence-electron chi connectivity index (χ2n) is 13.1. The molecule has 3 N–H and O–H groups in total. The zero-order valence-corrected chi connectivity index (χ0v) is 26.3. The molecule has 11 nitrogen and oxygen atoms in total. The maximum absolute atomic E-state index is 13.5. The van der Waals surface area contributed by atoms with E-state index < -0.39 is 23.8 Å². The summed E-state index contributed by atoms with van der Waals surface area (Å²) in [5.74, 6) is 0.759. The molecule has 236 valence electrons. The molecule has 1 aliphatic heterocycles. The number of hydrogen-bond donors (Lipinski definition) is 3. The third-order valence-electron chi connectivity index (χ3n) is 7.92. The molecule has 3 aromatic rings. The first kappa shape index (κ1) is 31.3. The SMILES string of the molecule is Cc1c(OCC2CN(C(=O)OC(C)(C)C)CCO2)nn(-c2ccccc2)c1NC(=O)N[C@H]1c2ccccc2C(C)(C)C[C@@H]1O. The Hall–Kier alpha value is -4.09. The molecule has 0 radical (unpaired) electrons. The fourth-order valence-corrected chi connectivity index (χ4v) is 5.80. The van der Waals surface area contributed by atoms with E-state index in [2.05, 4.69) is 35.6 Å². The average Bonchev–Trinajstić information content (AvgIpc) is 3.28. The minimum Gasteiger partial charge on any atom is -0.474 e. The molecular weight excluding hydrogens is 562 g/mol. The number of morpholine rings is 1. The number of aliphatic hydroxyl groups is 1. The van der Waals surface area contributed by atoms with Gasteiger partial charge in [0.25, 0.3) is 0 Å². The van der Waals surface area contributed by atoms with E-state index in [1.807, 2.05) is 76.2 Å². The van der Waals surface area contributed by atoms with Gasteiger partial charge in [-0.1, -0.05) is 56.3 Å². The summed E-state index contributed by atoms with van der Waals surface area (Å²) in [6.45, 7) is 12.8. The number of amides is 3. The van der Waals surface area contributed by atoms with Gasteiger partial charge in [0, 0.05) is 6.54 Å². The van der Waals surface area contributed by atoms with Crippen molar-refractivity contribution in [3.63, 3.8) is 0 Å². The zero-order valence-electron chi connectivity index (χ0n) is 26.3. The molecule has 1 aromatic heterocycles. The maximum Gasteiger partial charge on any atom is 0.410 e. The summed E-state index contributed by atoms with van der Waals surface area (Å²) in [6, 6.07) is 16.3. The van der Waals surface area contributed by atoms with Gasteiger partial charge in [0.15, 0.2) is 0 Å². The van der Waals surface area contributed by atoms with Crippen molar-refractivity contribution in [1.82, 2.24) is 20.0 Å². The van der Waals surface area contributed by atoms with Crippen LogP contribution < -0.4 is 15.4 Å². The van der Waals surface area contributed by atoms with Gasteiger partial charge in [0.2, 0.25) is 5.88 Å². The van der Waals surface area contributed by atoms with Crippen LogP contribution in [0.3, 0.4) is 0 Å². The lowest BCUT2D eigenvalue weighted by Gasteiger charge is -2.40. The van der Waals surface area contributed by atoms with Gasteiger partial charge in [-0.2, -0.15) is 0 Å². The van der Waals surface area contributed by atoms with E-state index in [1.165, 1.54) is 0 Å². The van der Waals surface area contributed by atoms with Crippen LogP contribution in [0.5, 0.6) is 5.88 Å². The molecule has 0 saturated carbocycles. The van der Waals surface area contributed by atoms with Crippen molar-refractivity contribution in [3.8, 4) is 11.6 Å². The number of carbonyl (C=O) groups is 2. The topological polar surface area (TPSA) is 127 Å². The highest BCUT2D eigenvalue weighted by Gasteiger charge is 2.39. The third kappa shape index (κ3) is 7.00. The molecule has 44 heavy (non-hydrogen) atoms. The predicted octanol–water partition coefficient (Wildman–Crippen LogP) is 5.10. The lowest BCUT2D eigenvalue weighted by Crippen LogP contribution is -2.49. The molecule has 2 heterocycles. The number of hydrogen-bond acceptors (Lipinski definition) is 7. The molecule has 5 rings (SSSR count). The average molecular weight is 606 g/mol. The fraction of sp³-hybridized carbons (Fsp3) is 0.485. The van der Waals surface area contributed by atoms with Crippen LogP contribution in [0.15, 0.2) is 54.6 Å². The van der Waals surface area contributed by atoms with Crippen LogP contribution in [0.25, 0.3) is 5.69 Å². The number of rotatable bonds is 6. The zero-order chi connectivity index (χ0) is 31.6. The molecule has 1 unspecified atom stereocenters. The summed E-state index contributed by atoms with van der Waals surface area (Å²) in [6.07, 6.45) is -1.00. The quantitative estimate of drug-likeness (QED) is 0.357. The van der Waals surface area contributed by atoms with Gasteiger partial charge in [-0.05, 0) is 62.8 Å². The monoisotopic (exact) mass is 605 g/mol. The molecule has 1 saturated heterocycles. The van der Waals surface area contributed by atoms with Crippen LogP contribution in [0.1, 0.15) is 63.8 Å². The Morgan fingerprint density at radius 2 is 1.82 bits per heavy atom. The van der Waals surface area contributed by atoms with Crippen molar-refractivity contribution in [1.29, 1.82) is 0 Å². The minimum atomic E-state index is -0.750. The lowest BCUT2D eigenvalue weighted by atomic mass is 9.70. The first-order valence-electron chi connectivity index (χ1n) is 15.0. The van der Waals surface area contributed by atoms with Crippen molar-refractivity contribution in [2.24, 2.45) is 0 Å². The molecule has 3 amide bonds. The highest BCUT2D eigenvalue weighted by atomic mass is 16.6. The van der Waals surface area contributed by atoms with Gasteiger partial charge in [-0.25, -0.2) is 14.3 Å². The van der Waals surface area contributed by atoms with Gasteiger partial charge in [0.05, 0.1) is 36.5 Å². The number of urea groups is 1. The minimum absolute atomic E-state index is 0.151. The van der Waals surface area contributed by atoms with E-state index in [4.69, 9.17) is 14.2 Å². The molecule has 3 atom stereocenters. The molecule has 2 aromatic carbocycles. The molecule has 1 fully saturated rings. The van der Waals surface area contributed by atoms with Gasteiger partial charge in [0.1, 0.15) is 24.1 Å². The van der Waals surface area contributed by atoms with E-state index in [-0.39, 0.29) is 24.2 Å². The highest BCUT2D eigenvalue weighted by molar-refractivity contribution is 5.90. The number of benzene rings is 2. The summed E-state index contributed by atoms with van der Waals surface area (Å²) < 4.78 is 19.1. The van der Waals surface area contributed by atoms with Crippen molar-refractivity contribution in [2.45, 2.75) is 77.2 Å². The summed E-state index contributed by atoms with van der Waals surface area (Å²) in [7, 11) is 0. The van der Waals surface area contributed by atoms with E-state index in [9.17, 15) is 14.7 Å². The van der Waals surface area contributed by atoms with Crippen LogP contribution in [0.4, 0.5) is 15.4 Å². The smallest absolute Gasteiger partial charge is 0.410 e. The number of fused-ring (bicyclic) bond motifs is 1. The second-order valence-corrected chi connectivity index (χ2v) is 13.1. The van der Waals surface area contributed by atoms with Crippen LogP contribution >= 0.6 is 0 Å². The maximum atomic E-state index is 13.5. The Labute approximate surface area is 258 Å². The fourth-order valence-electron chi connectivity index (χ4n) is 5.80. The van der Waals surface area contributed by atoms with E-state index >= 15 is 0 Å². The predicted molar refractivity (Wildman–Crippen MR) is 166 cm³/mol. The van der Waals surface area contributed by atoms with E-state index in [0.717, 1.165) is 16.8 Å². The summed E-state index contributed by atoms with van der Waals surface area (Å²) in [5, 5.41) is 21.7. The summed E-state index contributed by atoms with van der Waals surface area (Å²) in [4.78, 5) is 27.7. The van der Waals surface area contributed by atoms with Crippen molar-refractivity contribution in [3.05, 3.63) is 71.3 Å². The number of carbonyl (C=O) groups excluding carboxylic acids is 2. The summed E-state index contributed by atoms with van der Waals surface area (Å²) >= 11 is 0. The van der Waals surface area contributed by atoms with Gasteiger partial charge < -0.3 is 29.5 Å². The van der Waals surface area contributed by atoms with Crippen LogP contribution in [0, 0.1) is 6.92 Å². The van der Waals surface area contributed by atoms with Crippen molar-refractivity contribution in [2.75, 3.05) is 31.6 Å². The van der Waals surface area contributed by atoms with Gasteiger partial charge in [-0.3, -0.25) is 5.32 Å². The Morgan fingerprint density at radius 1 is 1.11 bits per heavy atom. The molecule has 0 spiro atoms. The first-order chi connectivity index (χ1) is 20.8. The van der Waals surface area contributed by atoms with Crippen molar-refractivity contribution < 1.29 is 28.9 Å². The van der Waals surface area contributed by atoms with E-state index in [0.29, 0.717) is 43.4 Å². The Kier molecular flexibility index (Phi) is 8.90. The number of nitrogens with zero attached hydrogens (tertiary/aromatic N) is 3. The van der Waals surface area contributed by atoms with Crippen molar-refractivity contribution >= 4 is 17.9 Å². The highest BCUT2D eigenvalue weighted by Crippen LogP contribution is 2.41. The molecule has 1 aliphatic carbocycles. The van der Waals surface area contributed by atoms with Crippen LogP contribution in [-0.4, -0.2) is 76.0 Å². The van der Waals surface area contributed by atoms with Crippen LogP contribution in [-0.2, 0) is 14.9 Å². The van der Waals surface area contributed by atoms with Crippen LogP contribution in [0.2, 0.25) is 0 Å². The second kappa shape index (κ2) is 12.5. The third-order valence-corrected chi connectivity index (χ3v) is 7.92. The molecule has 0 bridgehead atoms. The van der Waals surface area contributed by atoms with E-state index in [1.54, 1.807) is 9.58 Å². The molecule has 11 heteroatoms. The lowest BCUT2D eigenvalue weighted by molar-refractivity contribution is -0.0562. The number of nitrogens with one attached hydrogen (secondary N) is 2. The van der Waals surface area contributed by atoms with Gasteiger partial charge >= 0.3 is 12.1 Å².